The van der Waals surface area contributed by atoms with Crippen LogP contribution in [0, 0.1) is 0 Å². The van der Waals surface area contributed by atoms with E-state index < -0.39 is 6.04 Å². The van der Waals surface area contributed by atoms with Crippen LogP contribution in [0.3, 0.4) is 0 Å². The number of morpholine rings is 1. The number of carbonyl (C=O) groups is 2. The number of anilines is 2. The van der Waals surface area contributed by atoms with E-state index in [0.717, 1.165) is 43.0 Å². The van der Waals surface area contributed by atoms with Crippen LogP contribution in [0.15, 0.2) is 42.6 Å². The number of rotatable bonds is 8. The third-order valence-corrected chi connectivity index (χ3v) is 8.53. The van der Waals surface area contributed by atoms with Crippen molar-refractivity contribution in [1.29, 1.82) is 0 Å². The largest absolute Gasteiger partial charge is 0.381 e. The van der Waals surface area contributed by atoms with Crippen LogP contribution in [0.1, 0.15) is 54.3 Å². The van der Waals surface area contributed by atoms with Crippen molar-refractivity contribution >= 4 is 35.2 Å². The molecule has 2 aromatic heterocycles. The van der Waals surface area contributed by atoms with E-state index >= 15 is 0 Å². The Labute approximate surface area is 255 Å². The van der Waals surface area contributed by atoms with Gasteiger partial charge in [0, 0.05) is 50.0 Å². The molecule has 1 aromatic carbocycles. The highest BCUT2D eigenvalue weighted by atomic mass is 35.5. The molecule has 0 spiro atoms. The van der Waals surface area contributed by atoms with Crippen LogP contribution in [-0.4, -0.2) is 83.3 Å². The van der Waals surface area contributed by atoms with E-state index in [-0.39, 0.29) is 23.9 Å². The molecule has 0 aliphatic carbocycles. The fourth-order valence-corrected chi connectivity index (χ4v) is 5.85. The SMILES string of the molecule is C[C@H](C(=O)N[C@H](C)c1cccc(N2CCOCC2)n1)N1Cc2ccc(-c3nc(NC4CCOCC4)ncc3Cl)cc2C1=O. The van der Waals surface area contributed by atoms with Crippen molar-refractivity contribution in [2.24, 2.45) is 0 Å². The van der Waals surface area contributed by atoms with Crippen LogP contribution in [0.2, 0.25) is 5.02 Å². The first-order valence-corrected chi connectivity index (χ1v) is 15.2. The lowest BCUT2D eigenvalue weighted by Crippen LogP contribution is -2.46. The summed E-state index contributed by atoms with van der Waals surface area (Å²) in [4.78, 5) is 44.4. The van der Waals surface area contributed by atoms with Crippen molar-refractivity contribution in [3.8, 4) is 11.3 Å². The Morgan fingerprint density at radius 2 is 1.81 bits per heavy atom. The molecule has 3 aromatic rings. The average molecular weight is 606 g/mol. The minimum atomic E-state index is -0.675. The fraction of sp³-hybridized carbons (Fsp3) is 0.452. The number of benzene rings is 1. The number of fused-ring (bicyclic) bond motifs is 1. The molecule has 6 rings (SSSR count). The molecule has 0 saturated carbocycles. The number of hydrogen-bond acceptors (Lipinski definition) is 9. The number of amides is 2. The Kier molecular flexibility index (Phi) is 8.73. The maximum Gasteiger partial charge on any atom is 0.255 e. The van der Waals surface area contributed by atoms with E-state index in [0.29, 0.717) is 60.8 Å². The van der Waals surface area contributed by atoms with Crippen LogP contribution in [0.25, 0.3) is 11.3 Å². The Hall–Kier alpha value is -3.80. The zero-order valence-corrected chi connectivity index (χ0v) is 25.1. The second kappa shape index (κ2) is 12.8. The normalized spacial score (nSPS) is 18.7. The molecule has 12 heteroatoms. The summed E-state index contributed by atoms with van der Waals surface area (Å²) in [5, 5.41) is 6.81. The minimum absolute atomic E-state index is 0.203. The maximum absolute atomic E-state index is 13.5. The van der Waals surface area contributed by atoms with Gasteiger partial charge in [-0.25, -0.2) is 15.0 Å². The molecule has 0 radical (unpaired) electrons. The summed E-state index contributed by atoms with van der Waals surface area (Å²) in [7, 11) is 0. The van der Waals surface area contributed by atoms with E-state index in [2.05, 4.69) is 25.5 Å². The van der Waals surface area contributed by atoms with Crippen LogP contribution >= 0.6 is 11.6 Å². The number of carbonyl (C=O) groups excluding carboxylic acids is 2. The van der Waals surface area contributed by atoms with Gasteiger partial charge in [-0.2, -0.15) is 0 Å². The van der Waals surface area contributed by atoms with Crippen LogP contribution in [0.4, 0.5) is 11.8 Å². The number of ether oxygens (including phenoxy) is 2. The first kappa shape index (κ1) is 29.3. The van der Waals surface area contributed by atoms with Gasteiger partial charge in [0.15, 0.2) is 0 Å². The quantitative estimate of drug-likeness (QED) is 0.394. The third kappa shape index (κ3) is 6.43. The van der Waals surface area contributed by atoms with Gasteiger partial charge in [-0.1, -0.05) is 29.8 Å². The summed E-state index contributed by atoms with van der Waals surface area (Å²) in [5.41, 5.74) is 3.42. The predicted molar refractivity (Wildman–Crippen MR) is 163 cm³/mol. The van der Waals surface area contributed by atoms with E-state index in [1.54, 1.807) is 24.1 Å². The predicted octanol–water partition coefficient (Wildman–Crippen LogP) is 3.84. The molecule has 0 unspecified atom stereocenters. The van der Waals surface area contributed by atoms with Crippen molar-refractivity contribution < 1.29 is 19.1 Å². The van der Waals surface area contributed by atoms with Crippen molar-refractivity contribution in [3.05, 3.63) is 64.4 Å². The topological polar surface area (TPSA) is 122 Å². The van der Waals surface area contributed by atoms with Crippen molar-refractivity contribution in [2.75, 3.05) is 49.7 Å². The first-order chi connectivity index (χ1) is 20.9. The van der Waals surface area contributed by atoms with E-state index in [4.69, 9.17) is 26.1 Å². The Balaban J connectivity index is 1.13. The van der Waals surface area contributed by atoms with Crippen LogP contribution in [0.5, 0.6) is 0 Å². The lowest BCUT2D eigenvalue weighted by Gasteiger charge is -2.29. The van der Waals surface area contributed by atoms with E-state index in [9.17, 15) is 9.59 Å². The highest BCUT2D eigenvalue weighted by molar-refractivity contribution is 6.33. The lowest BCUT2D eigenvalue weighted by atomic mass is 10.0. The smallest absolute Gasteiger partial charge is 0.255 e. The van der Waals surface area contributed by atoms with Gasteiger partial charge in [0.1, 0.15) is 11.9 Å². The molecule has 2 saturated heterocycles. The Morgan fingerprint density at radius 1 is 1.05 bits per heavy atom. The first-order valence-electron chi connectivity index (χ1n) is 14.8. The summed E-state index contributed by atoms with van der Waals surface area (Å²) in [6.45, 7) is 8.31. The minimum Gasteiger partial charge on any atom is -0.381 e. The van der Waals surface area contributed by atoms with Crippen molar-refractivity contribution in [3.63, 3.8) is 0 Å². The number of nitrogens with one attached hydrogen (secondary N) is 2. The Morgan fingerprint density at radius 3 is 2.60 bits per heavy atom. The van der Waals surface area contributed by atoms with Gasteiger partial charge in [0.05, 0.1) is 41.9 Å². The van der Waals surface area contributed by atoms with Gasteiger partial charge in [-0.15, -0.1) is 0 Å². The fourth-order valence-electron chi connectivity index (χ4n) is 5.65. The number of nitrogens with zero attached hydrogens (tertiary/aromatic N) is 5. The van der Waals surface area contributed by atoms with Gasteiger partial charge in [-0.05, 0) is 50.5 Å². The zero-order chi connectivity index (χ0) is 29.9. The van der Waals surface area contributed by atoms with Gasteiger partial charge >= 0.3 is 0 Å². The van der Waals surface area contributed by atoms with Gasteiger partial charge in [0.2, 0.25) is 11.9 Å². The average Bonchev–Trinajstić information content (AvgIpc) is 3.37. The Bertz CT molecular complexity index is 1490. The third-order valence-electron chi connectivity index (χ3n) is 8.25. The highest BCUT2D eigenvalue weighted by Gasteiger charge is 2.35. The molecule has 226 valence electrons. The molecule has 2 N–H and O–H groups in total. The second-order valence-corrected chi connectivity index (χ2v) is 11.6. The summed E-state index contributed by atoms with van der Waals surface area (Å²) in [6, 6.07) is 10.7. The molecule has 2 atom stereocenters. The molecule has 43 heavy (non-hydrogen) atoms. The number of hydrogen-bond donors (Lipinski definition) is 2. The van der Waals surface area contributed by atoms with Crippen LogP contribution in [-0.2, 0) is 20.8 Å². The summed E-state index contributed by atoms with van der Waals surface area (Å²) < 4.78 is 10.9. The van der Waals surface area contributed by atoms with E-state index in [1.807, 2.05) is 37.3 Å². The van der Waals surface area contributed by atoms with Crippen molar-refractivity contribution in [1.82, 2.24) is 25.2 Å². The molecule has 0 bridgehead atoms. The summed E-state index contributed by atoms with van der Waals surface area (Å²) in [6.07, 6.45) is 3.34. The lowest BCUT2D eigenvalue weighted by molar-refractivity contribution is -0.125. The monoisotopic (exact) mass is 605 g/mol. The number of halogens is 1. The summed E-state index contributed by atoms with van der Waals surface area (Å²) >= 11 is 6.50. The van der Waals surface area contributed by atoms with Crippen molar-refractivity contribution in [2.45, 2.75) is 51.4 Å². The highest BCUT2D eigenvalue weighted by Crippen LogP contribution is 2.32. The van der Waals surface area contributed by atoms with E-state index in [1.165, 1.54) is 0 Å². The molecular formula is C31H36ClN7O4. The number of pyridine rings is 1. The number of aromatic nitrogens is 3. The zero-order valence-electron chi connectivity index (χ0n) is 24.4. The standard InChI is InChI=1S/C31H36ClN7O4/c1-19(26-4-3-5-27(36-26)38-10-14-43-15-11-38)34-29(40)20(2)39-18-22-7-6-21(16-24(22)30(39)41)28-25(32)17-33-31(37-28)35-23-8-12-42-13-9-23/h3-7,16-17,19-20,23H,8-15,18H2,1-2H3,(H,34,40)(H,33,35,37)/t19-,20-/m1/s1. The van der Waals surface area contributed by atoms with Gasteiger partial charge in [0.25, 0.3) is 5.91 Å². The van der Waals surface area contributed by atoms with Gasteiger partial charge < -0.3 is 29.9 Å². The maximum atomic E-state index is 13.5. The molecule has 3 aliphatic heterocycles. The summed E-state index contributed by atoms with van der Waals surface area (Å²) in [5.74, 6) is 0.913. The molecule has 5 heterocycles. The van der Waals surface area contributed by atoms with Crippen LogP contribution < -0.4 is 15.5 Å². The molecule has 2 fully saturated rings. The molecule has 3 aliphatic rings. The van der Waals surface area contributed by atoms with Gasteiger partial charge in [-0.3, -0.25) is 9.59 Å². The molecule has 2 amide bonds. The second-order valence-electron chi connectivity index (χ2n) is 11.2. The molecule has 11 nitrogen and oxygen atoms in total. The molecular weight excluding hydrogens is 570 g/mol.